The molecule has 0 saturated carbocycles. The van der Waals surface area contributed by atoms with Crippen LogP contribution in [0.25, 0.3) is 11.4 Å². The number of aromatic nitrogens is 8. The average Bonchev–Trinajstić information content (AvgIpc) is 3.24. The van der Waals surface area contributed by atoms with E-state index in [-0.39, 0.29) is 6.54 Å². The Labute approximate surface area is 146 Å². The highest BCUT2D eigenvalue weighted by atomic mass is 35.5. The first-order valence-corrected chi connectivity index (χ1v) is 7.72. The second-order valence-electron chi connectivity index (χ2n) is 5.12. The van der Waals surface area contributed by atoms with Gasteiger partial charge in [-0.3, -0.25) is 0 Å². The molecule has 2 heterocycles. The summed E-state index contributed by atoms with van der Waals surface area (Å²) in [7, 11) is 0. The van der Waals surface area contributed by atoms with Gasteiger partial charge in [-0.05, 0) is 45.1 Å². The molecule has 0 aliphatic rings. The normalized spacial score (nSPS) is 10.9. The van der Waals surface area contributed by atoms with Crippen LogP contribution in [0.5, 0.6) is 0 Å². The van der Waals surface area contributed by atoms with Crippen LogP contribution in [0.4, 0.5) is 0 Å². The smallest absolute Gasteiger partial charge is 0.244 e. The summed E-state index contributed by atoms with van der Waals surface area (Å²) in [6.45, 7) is 0.0746. The van der Waals surface area contributed by atoms with Crippen molar-refractivity contribution in [1.82, 2.24) is 40.0 Å². The summed E-state index contributed by atoms with van der Waals surface area (Å²) in [6.07, 6.45) is 0. The van der Waals surface area contributed by atoms with E-state index >= 15 is 0 Å². The fourth-order valence-corrected chi connectivity index (χ4v) is 2.57. The number of para-hydroxylation sites is 2. The Morgan fingerprint density at radius 1 is 0.880 bits per heavy atom. The van der Waals surface area contributed by atoms with Crippen molar-refractivity contribution in [2.45, 2.75) is 6.54 Å². The molecule has 0 unspecified atom stereocenters. The van der Waals surface area contributed by atoms with Crippen molar-refractivity contribution in [3.63, 3.8) is 0 Å². The zero-order valence-corrected chi connectivity index (χ0v) is 13.5. The number of benzene rings is 2. The average molecular weight is 355 g/mol. The summed E-state index contributed by atoms with van der Waals surface area (Å²) < 4.78 is 3.86. The maximum atomic E-state index is 12.6. The molecule has 4 rings (SSSR count). The van der Waals surface area contributed by atoms with E-state index < -0.39 is 5.69 Å². The van der Waals surface area contributed by atoms with Crippen LogP contribution in [0.15, 0.2) is 59.4 Å². The number of nitrogens with zero attached hydrogens (tertiary/aromatic N) is 8. The number of halogens is 1. The van der Waals surface area contributed by atoms with E-state index in [2.05, 4.69) is 26.0 Å². The van der Waals surface area contributed by atoms with Gasteiger partial charge in [-0.15, -0.1) is 5.10 Å². The van der Waals surface area contributed by atoms with Gasteiger partial charge in [-0.25, -0.2) is 4.79 Å². The van der Waals surface area contributed by atoms with Crippen LogP contribution < -0.4 is 5.69 Å². The molecule has 25 heavy (non-hydrogen) atoms. The minimum absolute atomic E-state index is 0.0746. The van der Waals surface area contributed by atoms with E-state index in [1.54, 1.807) is 28.9 Å². The predicted molar refractivity (Wildman–Crippen MR) is 88.9 cm³/mol. The third-order valence-corrected chi connectivity index (χ3v) is 3.87. The first kappa shape index (κ1) is 15.2. The molecule has 0 saturated heterocycles. The summed E-state index contributed by atoms with van der Waals surface area (Å²) >= 11 is 6.11. The van der Waals surface area contributed by atoms with E-state index in [4.69, 9.17) is 11.6 Å². The number of hydrogen-bond acceptors (Lipinski definition) is 6. The third-order valence-electron chi connectivity index (χ3n) is 3.55. The number of rotatable bonds is 4. The lowest BCUT2D eigenvalue weighted by Crippen LogP contribution is -2.26. The van der Waals surface area contributed by atoms with Crippen molar-refractivity contribution in [1.29, 1.82) is 0 Å². The lowest BCUT2D eigenvalue weighted by atomic mass is 10.3. The molecular weight excluding hydrogens is 344 g/mol. The fraction of sp³-hybridized carbons (Fsp3) is 0.0667. The number of hydrogen-bond donors (Lipinski definition) is 0. The molecule has 10 heteroatoms. The van der Waals surface area contributed by atoms with Crippen LogP contribution in [0.1, 0.15) is 5.82 Å². The van der Waals surface area contributed by atoms with Crippen molar-refractivity contribution >= 4 is 11.6 Å². The van der Waals surface area contributed by atoms with Gasteiger partial charge >= 0.3 is 5.69 Å². The molecule has 0 bridgehead atoms. The molecule has 0 spiro atoms. The largest absolute Gasteiger partial charge is 0.368 e. The van der Waals surface area contributed by atoms with Crippen LogP contribution in [0, 0.1) is 0 Å². The van der Waals surface area contributed by atoms with Crippen LogP contribution in [0.3, 0.4) is 0 Å². The minimum atomic E-state index is -0.435. The van der Waals surface area contributed by atoms with E-state index in [0.717, 1.165) is 10.4 Å². The van der Waals surface area contributed by atoms with Crippen LogP contribution in [0.2, 0.25) is 5.02 Å². The van der Waals surface area contributed by atoms with Gasteiger partial charge in [0, 0.05) is 0 Å². The maximum absolute atomic E-state index is 12.6. The molecule has 0 N–H and O–H groups in total. The Morgan fingerprint density at radius 2 is 1.64 bits per heavy atom. The van der Waals surface area contributed by atoms with Gasteiger partial charge in [0.1, 0.15) is 6.54 Å². The quantitative estimate of drug-likeness (QED) is 0.544. The van der Waals surface area contributed by atoms with E-state index in [0.29, 0.717) is 16.5 Å². The van der Waals surface area contributed by atoms with E-state index in [9.17, 15) is 4.79 Å². The molecule has 0 aliphatic carbocycles. The molecular formula is C15H11ClN8O. The zero-order valence-electron chi connectivity index (χ0n) is 12.8. The summed E-state index contributed by atoms with van der Waals surface area (Å²) in [5.74, 6) is 0.458. The van der Waals surface area contributed by atoms with Gasteiger partial charge in [0.25, 0.3) is 0 Å². The van der Waals surface area contributed by atoms with Crippen LogP contribution in [-0.4, -0.2) is 40.0 Å². The zero-order chi connectivity index (χ0) is 17.2. The van der Waals surface area contributed by atoms with Crippen LogP contribution in [-0.2, 0) is 6.54 Å². The highest BCUT2D eigenvalue weighted by Crippen LogP contribution is 2.16. The maximum Gasteiger partial charge on any atom is 0.368 e. The van der Waals surface area contributed by atoms with Gasteiger partial charge in [0.05, 0.1) is 16.4 Å². The Morgan fingerprint density at radius 3 is 2.44 bits per heavy atom. The van der Waals surface area contributed by atoms with Gasteiger partial charge < -0.3 is 0 Å². The first-order valence-electron chi connectivity index (χ1n) is 7.34. The Kier molecular flexibility index (Phi) is 3.82. The minimum Gasteiger partial charge on any atom is -0.244 e. The van der Waals surface area contributed by atoms with E-state index in [1.165, 1.54) is 4.68 Å². The monoisotopic (exact) mass is 354 g/mol. The Bertz CT molecular complexity index is 1070. The van der Waals surface area contributed by atoms with Crippen molar-refractivity contribution in [3.8, 4) is 11.4 Å². The van der Waals surface area contributed by atoms with Gasteiger partial charge in [0.15, 0.2) is 5.82 Å². The summed E-state index contributed by atoms with van der Waals surface area (Å²) in [5.41, 5.74) is 0.813. The molecule has 0 atom stereocenters. The molecule has 0 radical (unpaired) electrons. The summed E-state index contributed by atoms with van der Waals surface area (Å²) in [5, 5.41) is 19.8. The van der Waals surface area contributed by atoms with Crippen molar-refractivity contribution in [2.24, 2.45) is 0 Å². The lowest BCUT2D eigenvalue weighted by Gasteiger charge is -2.03. The lowest BCUT2D eigenvalue weighted by molar-refractivity contribution is 0.595. The SMILES string of the molecule is O=c1n(Cc2nnnn2-c2ccccc2)nnn1-c1ccccc1Cl. The Balaban J connectivity index is 1.69. The molecule has 2 aromatic heterocycles. The summed E-state index contributed by atoms with van der Waals surface area (Å²) in [4.78, 5) is 12.6. The van der Waals surface area contributed by atoms with Crippen molar-refractivity contribution < 1.29 is 0 Å². The van der Waals surface area contributed by atoms with Gasteiger partial charge in [0.2, 0.25) is 0 Å². The summed E-state index contributed by atoms with van der Waals surface area (Å²) in [6, 6.07) is 16.3. The second kappa shape index (κ2) is 6.29. The molecule has 0 amide bonds. The predicted octanol–water partition coefficient (Wildman–Crippen LogP) is 1.11. The molecule has 2 aromatic carbocycles. The molecule has 4 aromatic rings. The topological polar surface area (TPSA) is 96.3 Å². The van der Waals surface area contributed by atoms with Crippen molar-refractivity contribution in [2.75, 3.05) is 0 Å². The molecule has 0 fully saturated rings. The first-order chi connectivity index (χ1) is 12.2. The highest BCUT2D eigenvalue weighted by Gasteiger charge is 2.15. The molecule has 0 aliphatic heterocycles. The molecule has 124 valence electrons. The van der Waals surface area contributed by atoms with Crippen LogP contribution >= 0.6 is 11.6 Å². The standard InChI is InChI=1S/C15H11ClN8O/c16-12-8-4-5-9-13(12)24-15(25)22(20-21-24)10-14-17-18-19-23(14)11-6-2-1-3-7-11/h1-9H,10H2. The van der Waals surface area contributed by atoms with Gasteiger partial charge in [-0.2, -0.15) is 14.0 Å². The van der Waals surface area contributed by atoms with Gasteiger partial charge in [-0.1, -0.05) is 41.9 Å². The van der Waals surface area contributed by atoms with Crippen molar-refractivity contribution in [3.05, 3.63) is 75.9 Å². The van der Waals surface area contributed by atoms with E-state index in [1.807, 2.05) is 30.3 Å². The second-order valence-corrected chi connectivity index (χ2v) is 5.53. The Hall–Kier alpha value is -3.33. The fourth-order valence-electron chi connectivity index (χ4n) is 2.36. The third kappa shape index (κ3) is 2.81. The number of tetrazole rings is 2. The molecule has 9 nitrogen and oxygen atoms in total. The highest BCUT2D eigenvalue weighted by molar-refractivity contribution is 6.32.